The van der Waals surface area contributed by atoms with Gasteiger partial charge in [-0.15, -0.1) is 0 Å². The van der Waals surface area contributed by atoms with Crippen LogP contribution in [0.5, 0.6) is 5.75 Å². The zero-order chi connectivity index (χ0) is 13.5. The molecule has 0 aromatic heterocycles. The zero-order valence-electron chi connectivity index (χ0n) is 11.7. The van der Waals surface area contributed by atoms with E-state index >= 15 is 0 Å². The highest BCUT2D eigenvalue weighted by molar-refractivity contribution is 5.76. The fourth-order valence-electron chi connectivity index (χ4n) is 2.62. The summed E-state index contributed by atoms with van der Waals surface area (Å²) in [5.41, 5.74) is 1.12. The second kappa shape index (κ2) is 7.17. The number of ether oxygens (including phenoxy) is 1. The molecule has 1 saturated carbocycles. The number of nitrogens with one attached hydrogen (secondary N) is 1. The van der Waals surface area contributed by atoms with Gasteiger partial charge in [-0.2, -0.15) is 0 Å². The Kier molecular flexibility index (Phi) is 5.25. The van der Waals surface area contributed by atoms with Crippen molar-refractivity contribution in [3.63, 3.8) is 0 Å². The smallest absolute Gasteiger partial charge is 0.220 e. The van der Waals surface area contributed by atoms with E-state index in [9.17, 15) is 4.79 Å². The highest BCUT2D eigenvalue weighted by Gasteiger charge is 2.17. The first-order valence-electron chi connectivity index (χ1n) is 7.29. The molecule has 104 valence electrons. The fourth-order valence-corrected chi connectivity index (χ4v) is 2.62. The Hall–Kier alpha value is -1.51. The maximum atomic E-state index is 11.9. The van der Waals surface area contributed by atoms with Gasteiger partial charge < -0.3 is 10.1 Å². The Morgan fingerprint density at radius 2 is 2.05 bits per heavy atom. The first-order chi connectivity index (χ1) is 9.29. The molecule has 1 aliphatic carbocycles. The van der Waals surface area contributed by atoms with E-state index in [0.29, 0.717) is 19.1 Å². The van der Waals surface area contributed by atoms with Crippen molar-refractivity contribution in [2.45, 2.75) is 51.5 Å². The average molecular weight is 261 g/mol. The van der Waals surface area contributed by atoms with Gasteiger partial charge in [-0.3, -0.25) is 4.79 Å². The van der Waals surface area contributed by atoms with Crippen LogP contribution in [0.1, 0.15) is 44.6 Å². The van der Waals surface area contributed by atoms with E-state index in [2.05, 4.69) is 5.32 Å². The van der Waals surface area contributed by atoms with Gasteiger partial charge in [0.2, 0.25) is 5.91 Å². The number of carbonyl (C=O) groups excluding carboxylic acids is 1. The summed E-state index contributed by atoms with van der Waals surface area (Å²) < 4.78 is 5.57. The Labute approximate surface area is 115 Å². The molecular formula is C16H23NO2. The molecule has 1 aliphatic rings. The van der Waals surface area contributed by atoms with Gasteiger partial charge in [0.25, 0.3) is 0 Å². The Morgan fingerprint density at radius 1 is 1.32 bits per heavy atom. The Bertz CT molecular complexity index is 411. The molecule has 1 N–H and O–H groups in total. The molecule has 0 radical (unpaired) electrons. The molecule has 0 unspecified atom stereocenters. The molecule has 0 saturated heterocycles. The van der Waals surface area contributed by atoms with Gasteiger partial charge in [-0.1, -0.05) is 31.0 Å². The van der Waals surface area contributed by atoms with Crippen LogP contribution in [0.3, 0.4) is 0 Å². The number of aryl methyl sites for hydroxylation is 1. The monoisotopic (exact) mass is 261 g/mol. The third kappa shape index (κ3) is 4.27. The predicted octanol–water partition coefficient (Wildman–Crippen LogP) is 3.08. The van der Waals surface area contributed by atoms with E-state index in [0.717, 1.165) is 30.6 Å². The van der Waals surface area contributed by atoms with Gasteiger partial charge in [-0.25, -0.2) is 0 Å². The lowest BCUT2D eigenvalue weighted by molar-refractivity contribution is -0.121. The van der Waals surface area contributed by atoms with Crippen molar-refractivity contribution in [1.29, 1.82) is 0 Å². The molecule has 19 heavy (non-hydrogen) atoms. The number of benzene rings is 1. The lowest BCUT2D eigenvalue weighted by atomic mass is 10.1. The molecule has 2 rings (SSSR count). The van der Waals surface area contributed by atoms with Crippen LogP contribution in [0.25, 0.3) is 0 Å². The Morgan fingerprint density at radius 3 is 2.79 bits per heavy atom. The second-order valence-electron chi connectivity index (χ2n) is 5.09. The molecule has 1 aromatic rings. The van der Waals surface area contributed by atoms with Crippen molar-refractivity contribution in [3.05, 3.63) is 29.8 Å². The first-order valence-corrected chi connectivity index (χ1v) is 7.29. The lowest BCUT2D eigenvalue weighted by Gasteiger charge is -2.13. The maximum absolute atomic E-state index is 11.9. The topological polar surface area (TPSA) is 38.3 Å². The third-order valence-corrected chi connectivity index (χ3v) is 3.61. The highest BCUT2D eigenvalue weighted by Crippen LogP contribution is 2.20. The summed E-state index contributed by atoms with van der Waals surface area (Å²) in [5, 5.41) is 3.12. The van der Waals surface area contributed by atoms with Crippen molar-refractivity contribution in [1.82, 2.24) is 5.32 Å². The number of hydrogen-bond donors (Lipinski definition) is 1. The molecule has 0 bridgehead atoms. The fraction of sp³-hybridized carbons (Fsp3) is 0.562. The summed E-state index contributed by atoms with van der Waals surface area (Å²) in [4.78, 5) is 11.9. The second-order valence-corrected chi connectivity index (χ2v) is 5.09. The molecule has 3 nitrogen and oxygen atoms in total. The summed E-state index contributed by atoms with van der Waals surface area (Å²) in [7, 11) is 0. The summed E-state index contributed by atoms with van der Waals surface area (Å²) in [6.45, 7) is 2.63. The molecule has 0 heterocycles. The van der Waals surface area contributed by atoms with E-state index in [1.807, 2.05) is 31.2 Å². The van der Waals surface area contributed by atoms with Crippen LogP contribution in [-0.2, 0) is 11.2 Å². The normalized spacial score (nSPS) is 15.4. The van der Waals surface area contributed by atoms with E-state index in [1.165, 1.54) is 12.8 Å². The largest absolute Gasteiger partial charge is 0.494 e. The number of amides is 1. The maximum Gasteiger partial charge on any atom is 0.220 e. The van der Waals surface area contributed by atoms with Gasteiger partial charge in [0.1, 0.15) is 5.75 Å². The van der Waals surface area contributed by atoms with E-state index < -0.39 is 0 Å². The van der Waals surface area contributed by atoms with Crippen molar-refractivity contribution in [3.8, 4) is 5.75 Å². The van der Waals surface area contributed by atoms with E-state index in [4.69, 9.17) is 4.74 Å². The molecule has 0 spiro atoms. The zero-order valence-corrected chi connectivity index (χ0v) is 11.7. The SMILES string of the molecule is CCOc1ccccc1CCC(=O)NC1CCCC1. The quantitative estimate of drug-likeness (QED) is 0.854. The van der Waals surface area contributed by atoms with Crippen LogP contribution in [-0.4, -0.2) is 18.6 Å². The first kappa shape index (κ1) is 13.9. The van der Waals surface area contributed by atoms with E-state index in [1.54, 1.807) is 0 Å². The van der Waals surface area contributed by atoms with Crippen molar-refractivity contribution >= 4 is 5.91 Å². The van der Waals surface area contributed by atoms with Crippen LogP contribution in [0, 0.1) is 0 Å². The van der Waals surface area contributed by atoms with Gasteiger partial charge in [0, 0.05) is 12.5 Å². The molecule has 1 aromatic carbocycles. The summed E-state index contributed by atoms with van der Waals surface area (Å²) >= 11 is 0. The van der Waals surface area contributed by atoms with E-state index in [-0.39, 0.29) is 5.91 Å². The molecule has 3 heteroatoms. The number of hydrogen-bond acceptors (Lipinski definition) is 2. The van der Waals surface area contributed by atoms with Crippen LogP contribution in [0.4, 0.5) is 0 Å². The molecule has 1 amide bonds. The molecule has 1 fully saturated rings. The number of carbonyl (C=O) groups is 1. The molecular weight excluding hydrogens is 238 g/mol. The summed E-state index contributed by atoms with van der Waals surface area (Å²) in [6, 6.07) is 8.37. The van der Waals surface area contributed by atoms with Gasteiger partial charge >= 0.3 is 0 Å². The van der Waals surface area contributed by atoms with Gasteiger partial charge in [-0.05, 0) is 37.8 Å². The highest BCUT2D eigenvalue weighted by atomic mass is 16.5. The Balaban J connectivity index is 1.82. The third-order valence-electron chi connectivity index (χ3n) is 3.61. The molecule has 0 aliphatic heterocycles. The minimum absolute atomic E-state index is 0.165. The number of rotatable bonds is 6. The lowest BCUT2D eigenvalue weighted by Crippen LogP contribution is -2.32. The van der Waals surface area contributed by atoms with Crippen LogP contribution >= 0.6 is 0 Å². The van der Waals surface area contributed by atoms with Crippen LogP contribution in [0.15, 0.2) is 24.3 Å². The van der Waals surface area contributed by atoms with Gasteiger partial charge in [0.05, 0.1) is 6.61 Å². The van der Waals surface area contributed by atoms with Crippen LogP contribution in [0.2, 0.25) is 0 Å². The summed E-state index contributed by atoms with van der Waals surface area (Å²) in [5.74, 6) is 1.07. The minimum atomic E-state index is 0.165. The summed E-state index contributed by atoms with van der Waals surface area (Å²) in [6.07, 6.45) is 6.06. The molecule has 0 atom stereocenters. The number of para-hydroxylation sites is 1. The van der Waals surface area contributed by atoms with Crippen molar-refractivity contribution < 1.29 is 9.53 Å². The van der Waals surface area contributed by atoms with Gasteiger partial charge in [0.15, 0.2) is 0 Å². The van der Waals surface area contributed by atoms with Crippen molar-refractivity contribution in [2.24, 2.45) is 0 Å². The van der Waals surface area contributed by atoms with Crippen LogP contribution < -0.4 is 10.1 Å². The van der Waals surface area contributed by atoms with Crippen molar-refractivity contribution in [2.75, 3.05) is 6.61 Å². The predicted molar refractivity (Wildman–Crippen MR) is 76.3 cm³/mol. The minimum Gasteiger partial charge on any atom is -0.494 e. The standard InChI is InChI=1S/C16H23NO2/c1-2-19-15-10-6-3-7-13(15)11-12-16(18)17-14-8-4-5-9-14/h3,6-7,10,14H,2,4-5,8-9,11-12H2,1H3,(H,17,18). The average Bonchev–Trinajstić information content (AvgIpc) is 2.91.